The Kier molecular flexibility index (Phi) is 4.35. The maximum atomic E-state index is 11.9. The summed E-state index contributed by atoms with van der Waals surface area (Å²) in [6, 6.07) is 18.2. The van der Waals surface area contributed by atoms with Gasteiger partial charge in [-0.15, -0.1) is 0 Å². The molecule has 0 heterocycles. The topological polar surface area (TPSA) is 64.9 Å². The van der Waals surface area contributed by atoms with Crippen LogP contribution in [0.25, 0.3) is 0 Å². The van der Waals surface area contributed by atoms with Crippen LogP contribution in [0.3, 0.4) is 0 Å². The van der Waals surface area contributed by atoms with Crippen molar-refractivity contribution in [1.82, 2.24) is 5.32 Å². The lowest BCUT2D eigenvalue weighted by molar-refractivity contribution is 0.249. The third-order valence-electron chi connectivity index (χ3n) is 2.90. The highest BCUT2D eigenvalue weighted by atomic mass is 16.2. The molecule has 0 saturated carbocycles. The summed E-state index contributed by atoms with van der Waals surface area (Å²) in [7, 11) is 0. The molecule has 0 aliphatic rings. The van der Waals surface area contributed by atoms with Crippen molar-refractivity contribution in [3.05, 3.63) is 65.7 Å². The van der Waals surface area contributed by atoms with Crippen molar-refractivity contribution in [1.29, 1.82) is 5.26 Å². The molecule has 0 radical (unpaired) electrons. The van der Waals surface area contributed by atoms with E-state index in [4.69, 9.17) is 5.26 Å². The number of carbonyl (C=O) groups is 1. The first kappa shape index (κ1) is 13.6. The Bertz CT molecular complexity index is 632. The van der Waals surface area contributed by atoms with Gasteiger partial charge in [0.2, 0.25) is 0 Å². The largest absolute Gasteiger partial charge is 0.331 e. The van der Waals surface area contributed by atoms with Crippen LogP contribution in [-0.4, -0.2) is 6.03 Å². The van der Waals surface area contributed by atoms with E-state index in [1.54, 1.807) is 24.3 Å². The van der Waals surface area contributed by atoms with Gasteiger partial charge in [0.05, 0.1) is 17.7 Å². The normalized spacial score (nSPS) is 11.2. The zero-order valence-electron chi connectivity index (χ0n) is 11.1. The van der Waals surface area contributed by atoms with E-state index in [0.717, 1.165) is 5.56 Å². The fourth-order valence-corrected chi connectivity index (χ4v) is 1.86. The number of anilines is 1. The Morgan fingerprint density at radius 2 is 1.90 bits per heavy atom. The second-order valence-corrected chi connectivity index (χ2v) is 4.42. The van der Waals surface area contributed by atoms with Gasteiger partial charge in [0.25, 0.3) is 0 Å². The number of amides is 2. The fourth-order valence-electron chi connectivity index (χ4n) is 1.86. The molecule has 1 atom stereocenters. The Labute approximate surface area is 118 Å². The standard InChI is InChI=1S/C16H15N3O/c1-12(14-7-3-2-4-8-14)18-16(20)19-15-9-5-6-13(10-15)11-17/h2-10,12H,1H3,(H2,18,19,20). The molecule has 0 aliphatic heterocycles. The molecule has 4 heteroatoms. The average Bonchev–Trinajstić information content (AvgIpc) is 2.48. The summed E-state index contributed by atoms with van der Waals surface area (Å²) >= 11 is 0. The summed E-state index contributed by atoms with van der Waals surface area (Å²) in [6.45, 7) is 1.92. The van der Waals surface area contributed by atoms with Crippen LogP contribution < -0.4 is 10.6 Å². The van der Waals surface area contributed by atoms with Crippen molar-refractivity contribution < 1.29 is 4.79 Å². The van der Waals surface area contributed by atoms with Gasteiger partial charge in [0.1, 0.15) is 0 Å². The number of carbonyl (C=O) groups excluding carboxylic acids is 1. The fraction of sp³-hybridized carbons (Fsp3) is 0.125. The molecule has 2 amide bonds. The molecule has 0 saturated heterocycles. The lowest BCUT2D eigenvalue weighted by Gasteiger charge is -2.15. The third kappa shape index (κ3) is 3.59. The average molecular weight is 265 g/mol. The first-order valence-corrected chi connectivity index (χ1v) is 6.31. The van der Waals surface area contributed by atoms with E-state index < -0.39 is 0 Å². The number of nitrogens with one attached hydrogen (secondary N) is 2. The van der Waals surface area contributed by atoms with E-state index in [1.807, 2.05) is 43.3 Å². The van der Waals surface area contributed by atoms with Gasteiger partial charge >= 0.3 is 6.03 Å². The lowest BCUT2D eigenvalue weighted by Crippen LogP contribution is -2.31. The Morgan fingerprint density at radius 1 is 1.15 bits per heavy atom. The minimum absolute atomic E-state index is 0.0876. The zero-order valence-corrected chi connectivity index (χ0v) is 11.1. The molecule has 100 valence electrons. The van der Waals surface area contributed by atoms with Crippen LogP contribution in [0.15, 0.2) is 54.6 Å². The predicted molar refractivity (Wildman–Crippen MR) is 78.2 cm³/mol. The smallest absolute Gasteiger partial charge is 0.319 e. The number of nitriles is 1. The maximum Gasteiger partial charge on any atom is 0.319 e. The van der Waals surface area contributed by atoms with Crippen LogP contribution in [0.2, 0.25) is 0 Å². The monoisotopic (exact) mass is 265 g/mol. The minimum atomic E-state index is -0.295. The SMILES string of the molecule is CC(NC(=O)Nc1cccc(C#N)c1)c1ccccc1. The number of nitrogens with zero attached hydrogens (tertiary/aromatic N) is 1. The number of benzene rings is 2. The van der Waals surface area contributed by atoms with Crippen molar-refractivity contribution in [3.8, 4) is 6.07 Å². The maximum absolute atomic E-state index is 11.9. The second-order valence-electron chi connectivity index (χ2n) is 4.42. The first-order chi connectivity index (χ1) is 9.69. The molecule has 2 rings (SSSR count). The highest BCUT2D eigenvalue weighted by Gasteiger charge is 2.09. The molecule has 0 spiro atoms. The summed E-state index contributed by atoms with van der Waals surface area (Å²) in [5, 5.41) is 14.4. The molecule has 0 bridgehead atoms. The van der Waals surface area contributed by atoms with Crippen molar-refractivity contribution >= 4 is 11.7 Å². The zero-order chi connectivity index (χ0) is 14.4. The molecule has 1 unspecified atom stereocenters. The molecular weight excluding hydrogens is 250 g/mol. The number of urea groups is 1. The Hall–Kier alpha value is -2.80. The van der Waals surface area contributed by atoms with Crippen molar-refractivity contribution in [2.45, 2.75) is 13.0 Å². The van der Waals surface area contributed by atoms with Gasteiger partial charge in [0.15, 0.2) is 0 Å². The van der Waals surface area contributed by atoms with E-state index in [2.05, 4.69) is 10.6 Å². The van der Waals surface area contributed by atoms with Crippen LogP contribution in [0.5, 0.6) is 0 Å². The van der Waals surface area contributed by atoms with Crippen LogP contribution in [-0.2, 0) is 0 Å². The summed E-state index contributed by atoms with van der Waals surface area (Å²) in [5.41, 5.74) is 2.15. The minimum Gasteiger partial charge on any atom is -0.331 e. The highest BCUT2D eigenvalue weighted by molar-refractivity contribution is 5.89. The molecule has 2 N–H and O–H groups in total. The van der Waals surface area contributed by atoms with Crippen LogP contribution >= 0.6 is 0 Å². The van der Waals surface area contributed by atoms with E-state index in [1.165, 1.54) is 0 Å². The molecule has 0 aromatic heterocycles. The van der Waals surface area contributed by atoms with Gasteiger partial charge in [0, 0.05) is 5.69 Å². The molecule has 0 aliphatic carbocycles. The molecule has 2 aromatic rings. The van der Waals surface area contributed by atoms with Crippen molar-refractivity contribution in [3.63, 3.8) is 0 Å². The Balaban J connectivity index is 1.97. The van der Waals surface area contributed by atoms with Crippen LogP contribution in [0.1, 0.15) is 24.1 Å². The van der Waals surface area contributed by atoms with Crippen LogP contribution in [0.4, 0.5) is 10.5 Å². The van der Waals surface area contributed by atoms with E-state index in [-0.39, 0.29) is 12.1 Å². The second kappa shape index (κ2) is 6.39. The van der Waals surface area contributed by atoms with Gasteiger partial charge in [-0.25, -0.2) is 4.79 Å². The van der Waals surface area contributed by atoms with Gasteiger partial charge in [-0.05, 0) is 30.7 Å². The van der Waals surface area contributed by atoms with E-state index in [9.17, 15) is 4.79 Å². The molecule has 4 nitrogen and oxygen atoms in total. The molecule has 2 aromatic carbocycles. The van der Waals surface area contributed by atoms with Crippen molar-refractivity contribution in [2.75, 3.05) is 5.32 Å². The first-order valence-electron chi connectivity index (χ1n) is 6.31. The molecule has 0 fully saturated rings. The molecular formula is C16H15N3O. The van der Waals surface area contributed by atoms with E-state index in [0.29, 0.717) is 11.3 Å². The number of hydrogen-bond acceptors (Lipinski definition) is 2. The van der Waals surface area contributed by atoms with E-state index >= 15 is 0 Å². The summed E-state index contributed by atoms with van der Waals surface area (Å²) in [6.07, 6.45) is 0. The van der Waals surface area contributed by atoms with Crippen molar-refractivity contribution in [2.24, 2.45) is 0 Å². The highest BCUT2D eigenvalue weighted by Crippen LogP contribution is 2.13. The number of hydrogen-bond donors (Lipinski definition) is 2. The van der Waals surface area contributed by atoms with Gasteiger partial charge in [-0.3, -0.25) is 0 Å². The quantitative estimate of drug-likeness (QED) is 0.892. The summed E-state index contributed by atoms with van der Waals surface area (Å²) < 4.78 is 0. The Morgan fingerprint density at radius 3 is 2.60 bits per heavy atom. The summed E-state index contributed by atoms with van der Waals surface area (Å²) in [5.74, 6) is 0. The van der Waals surface area contributed by atoms with Crippen LogP contribution in [0, 0.1) is 11.3 Å². The van der Waals surface area contributed by atoms with Gasteiger partial charge < -0.3 is 10.6 Å². The van der Waals surface area contributed by atoms with Gasteiger partial charge in [-0.2, -0.15) is 5.26 Å². The lowest BCUT2D eigenvalue weighted by atomic mass is 10.1. The third-order valence-corrected chi connectivity index (χ3v) is 2.90. The number of rotatable bonds is 3. The molecule has 20 heavy (non-hydrogen) atoms. The summed E-state index contributed by atoms with van der Waals surface area (Å²) in [4.78, 5) is 11.9. The van der Waals surface area contributed by atoms with Gasteiger partial charge in [-0.1, -0.05) is 36.4 Å². The predicted octanol–water partition coefficient (Wildman–Crippen LogP) is 3.44.